The Labute approximate surface area is 65.4 Å². The number of rotatable bonds is 4. The van der Waals surface area contributed by atoms with Crippen LogP contribution >= 0.6 is 0 Å². The summed E-state index contributed by atoms with van der Waals surface area (Å²) in [5.74, 6) is 0. The molecule has 4 heteroatoms. The van der Waals surface area contributed by atoms with Gasteiger partial charge in [-0.1, -0.05) is 0 Å². The number of imidazole rings is 1. The molecule has 0 amide bonds. The van der Waals surface area contributed by atoms with Crippen molar-refractivity contribution in [3.63, 3.8) is 0 Å². The molecular weight excluding hydrogens is 144 g/mol. The van der Waals surface area contributed by atoms with Crippen molar-refractivity contribution in [3.8, 4) is 6.01 Å². The molecule has 0 saturated heterocycles. The van der Waals surface area contributed by atoms with Crippen molar-refractivity contribution in [1.29, 1.82) is 0 Å². The number of hydrogen-bond donors (Lipinski definition) is 1. The molecule has 11 heavy (non-hydrogen) atoms. The summed E-state index contributed by atoms with van der Waals surface area (Å²) in [6, 6.07) is 0.571. The van der Waals surface area contributed by atoms with Gasteiger partial charge >= 0.3 is 0 Å². The highest BCUT2D eigenvalue weighted by atomic mass is 16.5. The van der Waals surface area contributed by atoms with Gasteiger partial charge in [-0.2, -0.15) is 0 Å². The van der Waals surface area contributed by atoms with E-state index in [1.807, 2.05) is 17.7 Å². The van der Waals surface area contributed by atoms with Crippen LogP contribution in [0.4, 0.5) is 0 Å². The maximum absolute atomic E-state index is 8.47. The van der Waals surface area contributed by atoms with Crippen LogP contribution in [0.25, 0.3) is 0 Å². The van der Waals surface area contributed by atoms with E-state index >= 15 is 0 Å². The van der Waals surface area contributed by atoms with Crippen LogP contribution in [-0.2, 0) is 6.54 Å². The molecule has 0 unspecified atom stereocenters. The predicted molar refractivity (Wildman–Crippen MR) is 40.5 cm³/mol. The number of hydrogen-bond acceptors (Lipinski definition) is 3. The number of aliphatic hydroxyl groups is 1. The monoisotopic (exact) mass is 156 g/mol. The minimum absolute atomic E-state index is 0.0244. The molecule has 1 aromatic rings. The smallest absolute Gasteiger partial charge is 0.296 e. The van der Waals surface area contributed by atoms with Gasteiger partial charge in [0.15, 0.2) is 0 Å². The summed E-state index contributed by atoms with van der Waals surface area (Å²) in [6.07, 6.45) is 3.52. The van der Waals surface area contributed by atoms with Crippen LogP contribution in [0, 0.1) is 0 Å². The highest BCUT2D eigenvalue weighted by Crippen LogP contribution is 2.05. The highest BCUT2D eigenvalue weighted by Gasteiger charge is 1.99. The van der Waals surface area contributed by atoms with Crippen molar-refractivity contribution >= 4 is 0 Å². The van der Waals surface area contributed by atoms with Crippen LogP contribution in [0.2, 0.25) is 0 Å². The summed E-state index contributed by atoms with van der Waals surface area (Å²) in [5, 5.41) is 8.47. The van der Waals surface area contributed by atoms with Crippen LogP contribution in [0.3, 0.4) is 0 Å². The van der Waals surface area contributed by atoms with Gasteiger partial charge in [-0.05, 0) is 6.92 Å². The quantitative estimate of drug-likeness (QED) is 0.680. The van der Waals surface area contributed by atoms with Crippen molar-refractivity contribution in [1.82, 2.24) is 9.55 Å². The van der Waals surface area contributed by atoms with E-state index in [1.165, 1.54) is 0 Å². The number of aryl methyl sites for hydroxylation is 1. The van der Waals surface area contributed by atoms with E-state index in [4.69, 9.17) is 9.84 Å². The fourth-order valence-electron chi connectivity index (χ4n) is 0.813. The molecule has 0 aliphatic rings. The third-order valence-corrected chi connectivity index (χ3v) is 1.34. The summed E-state index contributed by atoms with van der Waals surface area (Å²) < 4.78 is 6.99. The van der Waals surface area contributed by atoms with Gasteiger partial charge in [-0.3, -0.25) is 0 Å². The second-order valence-corrected chi connectivity index (χ2v) is 2.07. The number of aromatic nitrogens is 2. The van der Waals surface area contributed by atoms with E-state index in [2.05, 4.69) is 4.98 Å². The predicted octanol–water partition coefficient (Wildman–Crippen LogP) is 0.274. The summed E-state index contributed by atoms with van der Waals surface area (Å²) in [5.41, 5.74) is 0. The topological polar surface area (TPSA) is 47.3 Å². The average molecular weight is 156 g/mol. The van der Waals surface area contributed by atoms with Gasteiger partial charge < -0.3 is 14.4 Å². The maximum Gasteiger partial charge on any atom is 0.296 e. The molecule has 0 atom stereocenters. The minimum atomic E-state index is 0.0244. The molecule has 0 aliphatic heterocycles. The van der Waals surface area contributed by atoms with Crippen molar-refractivity contribution in [3.05, 3.63) is 12.4 Å². The molecule has 62 valence electrons. The van der Waals surface area contributed by atoms with E-state index in [0.29, 0.717) is 12.6 Å². The Morgan fingerprint density at radius 1 is 1.73 bits per heavy atom. The zero-order chi connectivity index (χ0) is 8.10. The van der Waals surface area contributed by atoms with E-state index < -0.39 is 0 Å². The van der Waals surface area contributed by atoms with Crippen LogP contribution in [0.15, 0.2) is 12.4 Å². The standard InChI is InChI=1S/C7H12N2O2/c1-2-9-4-3-8-7(9)11-6-5-10/h3-4,10H,2,5-6H2,1H3. The first-order valence-electron chi connectivity index (χ1n) is 3.63. The number of aliphatic hydroxyl groups excluding tert-OH is 1. The first-order chi connectivity index (χ1) is 5.38. The van der Waals surface area contributed by atoms with E-state index in [9.17, 15) is 0 Å². The fraction of sp³-hybridized carbons (Fsp3) is 0.571. The number of ether oxygens (including phenoxy) is 1. The van der Waals surface area contributed by atoms with Gasteiger partial charge in [0.25, 0.3) is 6.01 Å². The molecule has 0 fully saturated rings. The van der Waals surface area contributed by atoms with Crippen LogP contribution in [0.1, 0.15) is 6.92 Å². The summed E-state index contributed by atoms with van der Waals surface area (Å²) in [6.45, 7) is 3.17. The van der Waals surface area contributed by atoms with Crippen LogP contribution in [-0.4, -0.2) is 27.9 Å². The Hall–Kier alpha value is -1.03. The van der Waals surface area contributed by atoms with Gasteiger partial charge in [-0.15, -0.1) is 0 Å². The highest BCUT2D eigenvalue weighted by molar-refractivity contribution is 4.97. The molecule has 1 rings (SSSR count). The van der Waals surface area contributed by atoms with Crippen molar-refractivity contribution in [2.45, 2.75) is 13.5 Å². The lowest BCUT2D eigenvalue weighted by atomic mass is 10.7. The normalized spacial score (nSPS) is 10.0. The van der Waals surface area contributed by atoms with Crippen LogP contribution < -0.4 is 4.74 Å². The van der Waals surface area contributed by atoms with E-state index in [-0.39, 0.29) is 6.61 Å². The second-order valence-electron chi connectivity index (χ2n) is 2.07. The summed E-state index contributed by atoms with van der Waals surface area (Å²) in [7, 11) is 0. The molecule has 0 aliphatic carbocycles. The Bertz CT molecular complexity index is 210. The zero-order valence-electron chi connectivity index (χ0n) is 6.53. The van der Waals surface area contributed by atoms with Crippen molar-refractivity contribution in [2.75, 3.05) is 13.2 Å². The third kappa shape index (κ3) is 1.94. The lowest BCUT2D eigenvalue weighted by Gasteiger charge is -2.04. The van der Waals surface area contributed by atoms with Crippen molar-refractivity contribution in [2.24, 2.45) is 0 Å². The van der Waals surface area contributed by atoms with Gasteiger partial charge in [-0.25, -0.2) is 4.98 Å². The molecule has 0 bridgehead atoms. The van der Waals surface area contributed by atoms with Gasteiger partial charge in [0.1, 0.15) is 6.61 Å². The number of nitrogens with zero attached hydrogens (tertiary/aromatic N) is 2. The zero-order valence-corrected chi connectivity index (χ0v) is 6.53. The van der Waals surface area contributed by atoms with Gasteiger partial charge in [0.2, 0.25) is 0 Å². The largest absolute Gasteiger partial charge is 0.462 e. The fourth-order valence-corrected chi connectivity index (χ4v) is 0.813. The van der Waals surface area contributed by atoms with E-state index in [1.54, 1.807) is 6.20 Å². The molecule has 1 N–H and O–H groups in total. The van der Waals surface area contributed by atoms with E-state index in [0.717, 1.165) is 6.54 Å². The summed E-state index contributed by atoms with van der Waals surface area (Å²) >= 11 is 0. The maximum atomic E-state index is 8.47. The molecule has 0 radical (unpaired) electrons. The SMILES string of the molecule is CCn1ccnc1OCCO. The summed E-state index contributed by atoms with van der Waals surface area (Å²) in [4.78, 5) is 3.95. The Morgan fingerprint density at radius 3 is 3.18 bits per heavy atom. The van der Waals surface area contributed by atoms with Crippen molar-refractivity contribution < 1.29 is 9.84 Å². The molecule has 4 nitrogen and oxygen atoms in total. The Kier molecular flexibility index (Phi) is 2.92. The van der Waals surface area contributed by atoms with Gasteiger partial charge in [0.05, 0.1) is 6.61 Å². The van der Waals surface area contributed by atoms with Crippen LogP contribution in [0.5, 0.6) is 6.01 Å². The molecular formula is C7H12N2O2. The Morgan fingerprint density at radius 2 is 2.55 bits per heavy atom. The first kappa shape index (κ1) is 8.07. The first-order valence-corrected chi connectivity index (χ1v) is 3.63. The second kappa shape index (κ2) is 3.98. The molecule has 1 heterocycles. The van der Waals surface area contributed by atoms with Gasteiger partial charge in [0, 0.05) is 18.9 Å². The average Bonchev–Trinajstić information content (AvgIpc) is 2.47. The molecule has 0 spiro atoms. The third-order valence-electron chi connectivity index (χ3n) is 1.34. The Balaban J connectivity index is 2.54. The lowest BCUT2D eigenvalue weighted by Crippen LogP contribution is -2.06. The lowest BCUT2D eigenvalue weighted by molar-refractivity contribution is 0.186. The minimum Gasteiger partial charge on any atom is -0.462 e. The molecule has 0 aromatic carbocycles. The molecule has 0 saturated carbocycles. The molecule has 1 aromatic heterocycles.